The summed E-state index contributed by atoms with van der Waals surface area (Å²) in [5.74, 6) is -0.930. The quantitative estimate of drug-likeness (QED) is 0.0263. The molecule has 1 unspecified atom stereocenters. The summed E-state index contributed by atoms with van der Waals surface area (Å²) in [4.78, 5) is 37.9. The second-order valence-corrected chi connectivity index (χ2v) is 17.0. The first kappa shape index (κ1) is 58.1. The van der Waals surface area contributed by atoms with Crippen molar-refractivity contribution >= 4 is 17.9 Å². The van der Waals surface area contributed by atoms with Crippen molar-refractivity contribution < 1.29 is 28.6 Å². The highest BCUT2D eigenvalue weighted by Gasteiger charge is 2.19. The van der Waals surface area contributed by atoms with Gasteiger partial charge in [0.2, 0.25) is 0 Å². The minimum Gasteiger partial charge on any atom is -0.462 e. The first-order valence-electron chi connectivity index (χ1n) is 25.8. The van der Waals surface area contributed by atoms with E-state index >= 15 is 0 Å². The highest BCUT2D eigenvalue weighted by atomic mass is 16.6. The molecule has 0 N–H and O–H groups in total. The van der Waals surface area contributed by atoms with E-state index in [0.29, 0.717) is 19.3 Å². The summed E-state index contributed by atoms with van der Waals surface area (Å²) in [6, 6.07) is 0. The largest absolute Gasteiger partial charge is 0.462 e. The molecule has 0 rings (SSSR count). The molecule has 0 aromatic carbocycles. The molecule has 6 nitrogen and oxygen atoms in total. The molecule has 0 aliphatic rings. The molecule has 0 radical (unpaired) electrons. The van der Waals surface area contributed by atoms with Crippen LogP contribution in [0.2, 0.25) is 0 Å². The summed E-state index contributed by atoms with van der Waals surface area (Å²) in [6.07, 6.45) is 60.6. The number of esters is 3. The third kappa shape index (κ3) is 48.0. The van der Waals surface area contributed by atoms with Crippen molar-refractivity contribution in [3.05, 3.63) is 60.8 Å². The summed E-state index contributed by atoms with van der Waals surface area (Å²) in [5, 5.41) is 0. The molecule has 0 spiro atoms. The Hall–Kier alpha value is -2.89. The normalized spacial score (nSPS) is 12.5. The maximum atomic E-state index is 12.8. The molecular weight excluding hydrogens is 757 g/mol. The molecule has 0 saturated carbocycles. The fourth-order valence-electron chi connectivity index (χ4n) is 7.09. The fourth-order valence-corrected chi connectivity index (χ4v) is 7.09. The van der Waals surface area contributed by atoms with Crippen molar-refractivity contribution in [3.8, 4) is 0 Å². The van der Waals surface area contributed by atoms with Gasteiger partial charge in [-0.15, -0.1) is 0 Å². The van der Waals surface area contributed by atoms with Gasteiger partial charge in [-0.05, 0) is 103 Å². The Morgan fingerprint density at radius 3 is 1.05 bits per heavy atom. The Bertz CT molecular complexity index is 1120. The molecule has 0 aromatic rings. The van der Waals surface area contributed by atoms with Gasteiger partial charge in [0.25, 0.3) is 0 Å². The first-order chi connectivity index (χ1) is 30.0. The van der Waals surface area contributed by atoms with E-state index in [9.17, 15) is 14.4 Å². The summed E-state index contributed by atoms with van der Waals surface area (Å²) in [5.41, 5.74) is 0. The smallest absolute Gasteiger partial charge is 0.306 e. The predicted octanol–water partition coefficient (Wildman–Crippen LogP) is 16.9. The Kier molecular flexibility index (Phi) is 47.4. The molecule has 6 heteroatoms. The average molecular weight is 853 g/mol. The molecule has 0 aromatic heterocycles. The average Bonchev–Trinajstić information content (AvgIpc) is 3.26. The topological polar surface area (TPSA) is 78.9 Å². The molecule has 61 heavy (non-hydrogen) atoms. The fraction of sp³-hybridized carbons (Fsp3) is 0.764. The van der Waals surface area contributed by atoms with Crippen LogP contribution in [0.5, 0.6) is 0 Å². The van der Waals surface area contributed by atoms with Gasteiger partial charge in [-0.2, -0.15) is 0 Å². The monoisotopic (exact) mass is 853 g/mol. The van der Waals surface area contributed by atoms with Gasteiger partial charge in [0, 0.05) is 19.3 Å². The maximum Gasteiger partial charge on any atom is 0.306 e. The van der Waals surface area contributed by atoms with Crippen LogP contribution in [0, 0.1) is 0 Å². The van der Waals surface area contributed by atoms with Gasteiger partial charge in [-0.25, -0.2) is 0 Å². The lowest BCUT2D eigenvalue weighted by atomic mass is 10.1. The van der Waals surface area contributed by atoms with Crippen molar-refractivity contribution in [1.82, 2.24) is 0 Å². The van der Waals surface area contributed by atoms with E-state index in [4.69, 9.17) is 14.2 Å². The van der Waals surface area contributed by atoms with Crippen molar-refractivity contribution in [2.75, 3.05) is 13.2 Å². The van der Waals surface area contributed by atoms with Crippen LogP contribution in [0.25, 0.3) is 0 Å². The standard InChI is InChI=1S/C55H96O6/c1-4-7-10-13-16-19-22-25-26-27-28-31-33-36-39-42-45-48-54(57)60-51-52(61-55(58)49-46-43-40-37-34-30-24-21-18-15-12-9-6-3)50-59-53(56)47-44-41-38-35-32-29-23-20-17-14-11-8-5-2/h9,12,18,20-21,23,25-26,30,34,52H,4-8,10-11,13-17,19,22,24,27-29,31-33,35-51H2,1-3H3/b12-9-,21-18-,23-20-,26-25-,34-30-. The minimum atomic E-state index is -0.793. The van der Waals surface area contributed by atoms with Gasteiger partial charge in [0.1, 0.15) is 13.2 Å². The Balaban J connectivity index is 4.41. The van der Waals surface area contributed by atoms with E-state index in [-0.39, 0.29) is 31.1 Å². The lowest BCUT2D eigenvalue weighted by Gasteiger charge is -2.18. The van der Waals surface area contributed by atoms with Crippen LogP contribution in [-0.4, -0.2) is 37.2 Å². The molecule has 0 fully saturated rings. The molecule has 0 amide bonds. The zero-order valence-electron chi connectivity index (χ0n) is 40.2. The van der Waals surface area contributed by atoms with Gasteiger partial charge in [-0.3, -0.25) is 14.4 Å². The van der Waals surface area contributed by atoms with Crippen LogP contribution in [0.1, 0.15) is 252 Å². The lowest BCUT2D eigenvalue weighted by molar-refractivity contribution is -0.167. The number of hydrogen-bond acceptors (Lipinski definition) is 6. The number of allylic oxidation sites excluding steroid dienone is 10. The van der Waals surface area contributed by atoms with Crippen LogP contribution in [0.4, 0.5) is 0 Å². The van der Waals surface area contributed by atoms with Gasteiger partial charge in [0.15, 0.2) is 6.10 Å². The number of ether oxygens (including phenoxy) is 3. The van der Waals surface area contributed by atoms with Crippen LogP contribution in [-0.2, 0) is 28.6 Å². The summed E-state index contributed by atoms with van der Waals surface area (Å²) in [7, 11) is 0. The second-order valence-electron chi connectivity index (χ2n) is 17.0. The molecule has 0 aliphatic heterocycles. The molecule has 0 aliphatic carbocycles. The highest BCUT2D eigenvalue weighted by molar-refractivity contribution is 5.71. The SMILES string of the molecule is CC/C=C\C/C=C\C/C=C\CCCCCC(=O)OC(COC(=O)CCCCCCC/C=C\CCCCCC)COC(=O)CCCCCCCCC/C=C\CCCCCCCC. The second kappa shape index (κ2) is 49.8. The first-order valence-corrected chi connectivity index (χ1v) is 25.8. The lowest BCUT2D eigenvalue weighted by Crippen LogP contribution is -2.30. The molecule has 352 valence electrons. The Morgan fingerprint density at radius 1 is 0.344 bits per heavy atom. The maximum absolute atomic E-state index is 12.8. The number of unbranched alkanes of at least 4 members (excludes halogenated alkanes) is 25. The van der Waals surface area contributed by atoms with Gasteiger partial charge in [0.05, 0.1) is 0 Å². The van der Waals surface area contributed by atoms with Gasteiger partial charge in [-0.1, -0.05) is 191 Å². The van der Waals surface area contributed by atoms with E-state index < -0.39 is 6.10 Å². The van der Waals surface area contributed by atoms with E-state index in [2.05, 4.69) is 81.5 Å². The van der Waals surface area contributed by atoms with Crippen LogP contribution >= 0.6 is 0 Å². The van der Waals surface area contributed by atoms with E-state index in [1.807, 2.05) is 0 Å². The van der Waals surface area contributed by atoms with Crippen molar-refractivity contribution in [1.29, 1.82) is 0 Å². The van der Waals surface area contributed by atoms with Crippen molar-refractivity contribution in [2.24, 2.45) is 0 Å². The summed E-state index contributed by atoms with van der Waals surface area (Å²) >= 11 is 0. The van der Waals surface area contributed by atoms with Crippen LogP contribution < -0.4 is 0 Å². The zero-order valence-corrected chi connectivity index (χ0v) is 40.2. The van der Waals surface area contributed by atoms with Crippen LogP contribution in [0.15, 0.2) is 60.8 Å². The molecule has 0 bridgehead atoms. The highest BCUT2D eigenvalue weighted by Crippen LogP contribution is 2.14. The number of carbonyl (C=O) groups is 3. The predicted molar refractivity (Wildman–Crippen MR) is 261 cm³/mol. The van der Waals surface area contributed by atoms with E-state index in [0.717, 1.165) is 89.9 Å². The Labute approximate surface area is 377 Å². The Morgan fingerprint density at radius 2 is 0.639 bits per heavy atom. The van der Waals surface area contributed by atoms with E-state index in [1.165, 1.54) is 122 Å². The number of hydrogen-bond donors (Lipinski definition) is 0. The number of carbonyl (C=O) groups excluding carboxylic acids is 3. The molecule has 1 atom stereocenters. The van der Waals surface area contributed by atoms with Gasteiger partial charge < -0.3 is 14.2 Å². The third-order valence-corrected chi connectivity index (χ3v) is 11.0. The van der Waals surface area contributed by atoms with Crippen molar-refractivity contribution in [3.63, 3.8) is 0 Å². The van der Waals surface area contributed by atoms with Gasteiger partial charge >= 0.3 is 17.9 Å². The third-order valence-electron chi connectivity index (χ3n) is 11.0. The summed E-state index contributed by atoms with van der Waals surface area (Å²) in [6.45, 7) is 6.47. The van der Waals surface area contributed by atoms with Crippen LogP contribution in [0.3, 0.4) is 0 Å². The summed E-state index contributed by atoms with van der Waals surface area (Å²) < 4.78 is 16.8. The molecule has 0 saturated heterocycles. The molecular formula is C55H96O6. The minimum absolute atomic E-state index is 0.0907. The van der Waals surface area contributed by atoms with Crippen molar-refractivity contribution in [2.45, 2.75) is 258 Å². The number of rotatable bonds is 46. The molecule has 0 heterocycles. The zero-order chi connectivity index (χ0) is 44.4. The van der Waals surface area contributed by atoms with E-state index in [1.54, 1.807) is 0 Å².